The summed E-state index contributed by atoms with van der Waals surface area (Å²) >= 11 is 0. The van der Waals surface area contributed by atoms with Gasteiger partial charge in [-0.15, -0.1) is 0 Å². The van der Waals surface area contributed by atoms with Gasteiger partial charge in [-0.25, -0.2) is 0 Å². The largest absolute Gasteiger partial charge is 0.282 e. The molecule has 1 heteroatoms. The Morgan fingerprint density at radius 2 is 2.50 bits per heavy atom. The van der Waals surface area contributed by atoms with Crippen LogP contribution in [0, 0.1) is 0 Å². The maximum atomic E-state index is 3.88. The van der Waals surface area contributed by atoms with E-state index >= 15 is 0 Å². The highest BCUT2D eigenvalue weighted by Crippen LogP contribution is 2.00. The van der Waals surface area contributed by atoms with E-state index in [-0.39, 0.29) is 0 Å². The van der Waals surface area contributed by atoms with E-state index in [0.29, 0.717) is 6.04 Å². The van der Waals surface area contributed by atoms with Crippen molar-refractivity contribution in [3.05, 3.63) is 12.2 Å². The molecule has 0 radical (unpaired) electrons. The molecule has 0 aromatic rings. The van der Waals surface area contributed by atoms with Crippen molar-refractivity contribution in [1.82, 2.24) is 0 Å². The summed E-state index contributed by atoms with van der Waals surface area (Å²) in [6.45, 7) is 2.00. The van der Waals surface area contributed by atoms with Gasteiger partial charge in [0, 0.05) is 6.21 Å². The molecule has 6 heavy (non-hydrogen) atoms. The maximum Gasteiger partial charge on any atom is 0.102 e. The van der Waals surface area contributed by atoms with Crippen LogP contribution in [0.3, 0.4) is 0 Å². The minimum atomic E-state index is 0.468. The Morgan fingerprint density at radius 1 is 1.83 bits per heavy atom. The predicted molar refractivity (Wildman–Crippen MR) is 27.1 cm³/mol. The Hall–Kier alpha value is -0.590. The van der Waals surface area contributed by atoms with Gasteiger partial charge in [-0.3, -0.25) is 4.99 Å². The second-order valence-electron chi connectivity index (χ2n) is 1.31. The predicted octanol–water partition coefficient (Wildman–Crippen LogP) is 1.02. The average molecular weight is 81.1 g/mol. The lowest BCUT2D eigenvalue weighted by atomic mass is 10.4. The van der Waals surface area contributed by atoms with Crippen molar-refractivity contribution in [3.63, 3.8) is 0 Å². The van der Waals surface area contributed by atoms with Gasteiger partial charge in [0.1, 0.15) is 6.04 Å². The van der Waals surface area contributed by atoms with E-state index in [4.69, 9.17) is 0 Å². The fourth-order valence-electron chi connectivity index (χ4n) is 0.346. The lowest BCUT2D eigenvalue weighted by Gasteiger charge is -1.68. The molecule has 0 spiro atoms. The number of aliphatic imine (C=N–C) groups is 1. The highest BCUT2D eigenvalue weighted by atomic mass is 14.9. The van der Waals surface area contributed by atoms with Gasteiger partial charge in [0.15, 0.2) is 0 Å². The van der Waals surface area contributed by atoms with E-state index in [1.807, 2.05) is 19.2 Å². The Labute approximate surface area is 37.4 Å². The zero-order valence-electron chi connectivity index (χ0n) is 3.76. The van der Waals surface area contributed by atoms with E-state index in [2.05, 4.69) is 11.1 Å². The average Bonchev–Trinajstić information content (AvgIpc) is 2.21. The fraction of sp³-hybridized carbons (Fsp3) is 0.400. The van der Waals surface area contributed by atoms with Crippen molar-refractivity contribution in [2.45, 2.75) is 13.0 Å². The first kappa shape index (κ1) is 3.59. The Balaban J connectivity index is 2.19. The van der Waals surface area contributed by atoms with Crippen LogP contribution in [0.15, 0.2) is 17.1 Å². The van der Waals surface area contributed by atoms with Crippen molar-refractivity contribution < 1.29 is 0 Å². The minimum absolute atomic E-state index is 0.468. The maximum absolute atomic E-state index is 3.88. The third kappa shape index (κ3) is 0.677. The van der Waals surface area contributed by atoms with E-state index in [0.717, 1.165) is 0 Å². The van der Waals surface area contributed by atoms with Crippen LogP contribution >= 0.6 is 0 Å². The van der Waals surface area contributed by atoms with Crippen molar-refractivity contribution in [2.24, 2.45) is 4.99 Å². The van der Waals surface area contributed by atoms with Gasteiger partial charge in [0.2, 0.25) is 0 Å². The lowest BCUT2D eigenvalue weighted by Crippen LogP contribution is -1.73. The molecule has 0 saturated carbocycles. The first-order chi connectivity index (χ1) is 2.93. The molecule has 0 aromatic carbocycles. The fourth-order valence-corrected chi connectivity index (χ4v) is 0.346. The second kappa shape index (κ2) is 1.25. The zero-order chi connectivity index (χ0) is 4.41. The Kier molecular flexibility index (Phi) is 0.748. The summed E-state index contributed by atoms with van der Waals surface area (Å²) in [4.78, 5) is 3.88. The molecule has 1 aliphatic heterocycles. The molecule has 1 heterocycles. The van der Waals surface area contributed by atoms with Crippen molar-refractivity contribution in [3.8, 4) is 0 Å². The van der Waals surface area contributed by atoms with E-state index in [1.165, 1.54) is 0 Å². The van der Waals surface area contributed by atoms with Crippen molar-refractivity contribution in [1.29, 1.82) is 0 Å². The molecule has 1 aliphatic rings. The number of hydrogen-bond donors (Lipinski definition) is 0. The first-order valence-corrected chi connectivity index (χ1v) is 2.09. The molecule has 0 N–H and O–H groups in total. The summed E-state index contributed by atoms with van der Waals surface area (Å²) in [6, 6.07) is 0.468. The molecule has 0 aliphatic carbocycles. The summed E-state index contributed by atoms with van der Waals surface area (Å²) in [6.07, 6.45) is 5.98. The number of allylic oxidation sites excluding steroid dienone is 1. The molecule has 1 atom stereocenters. The van der Waals surface area contributed by atoms with Crippen LogP contribution in [-0.4, -0.2) is 12.3 Å². The SMILES string of the molecule is CC=CC1C=N1. The van der Waals surface area contributed by atoms with Crippen LogP contribution in [0.5, 0.6) is 0 Å². The van der Waals surface area contributed by atoms with Crippen molar-refractivity contribution >= 4 is 6.21 Å². The van der Waals surface area contributed by atoms with Crippen LogP contribution in [0.4, 0.5) is 0 Å². The molecule has 0 amide bonds. The van der Waals surface area contributed by atoms with Gasteiger partial charge in [-0.2, -0.15) is 0 Å². The molecule has 1 unspecified atom stereocenters. The van der Waals surface area contributed by atoms with Gasteiger partial charge < -0.3 is 0 Å². The quantitative estimate of drug-likeness (QED) is 0.418. The van der Waals surface area contributed by atoms with Crippen LogP contribution < -0.4 is 0 Å². The van der Waals surface area contributed by atoms with E-state index in [1.54, 1.807) is 0 Å². The standard InChI is InChI=1S/C5H7N/c1-2-3-5-4-6-5/h2-5H,1H3. The molecular weight excluding hydrogens is 74.1 g/mol. The Morgan fingerprint density at radius 3 is 2.67 bits per heavy atom. The van der Waals surface area contributed by atoms with Gasteiger partial charge in [-0.05, 0) is 6.92 Å². The van der Waals surface area contributed by atoms with Crippen LogP contribution in [0.1, 0.15) is 6.92 Å². The molecule has 32 valence electrons. The topological polar surface area (TPSA) is 12.4 Å². The molecule has 0 aromatic heterocycles. The van der Waals surface area contributed by atoms with E-state index in [9.17, 15) is 0 Å². The first-order valence-electron chi connectivity index (χ1n) is 2.09. The summed E-state index contributed by atoms with van der Waals surface area (Å²) in [5, 5.41) is 0. The zero-order valence-corrected chi connectivity index (χ0v) is 3.76. The highest BCUT2D eigenvalue weighted by Gasteiger charge is 2.04. The van der Waals surface area contributed by atoms with Gasteiger partial charge in [-0.1, -0.05) is 12.2 Å². The number of nitrogens with zero attached hydrogens (tertiary/aromatic N) is 1. The van der Waals surface area contributed by atoms with Crippen LogP contribution in [0.2, 0.25) is 0 Å². The molecule has 1 rings (SSSR count). The smallest absolute Gasteiger partial charge is 0.102 e. The summed E-state index contributed by atoms with van der Waals surface area (Å²) in [5.41, 5.74) is 0. The third-order valence-corrected chi connectivity index (χ3v) is 0.711. The molecule has 0 saturated heterocycles. The Bertz CT molecular complexity index is 86.1. The summed E-state index contributed by atoms with van der Waals surface area (Å²) < 4.78 is 0. The summed E-state index contributed by atoms with van der Waals surface area (Å²) in [7, 11) is 0. The molecule has 1 nitrogen and oxygen atoms in total. The minimum Gasteiger partial charge on any atom is -0.282 e. The van der Waals surface area contributed by atoms with Crippen LogP contribution in [0.25, 0.3) is 0 Å². The third-order valence-electron chi connectivity index (χ3n) is 0.711. The van der Waals surface area contributed by atoms with E-state index < -0.39 is 0 Å². The van der Waals surface area contributed by atoms with Crippen LogP contribution in [-0.2, 0) is 0 Å². The molecular formula is C5H7N. The van der Waals surface area contributed by atoms with Gasteiger partial charge in [0.25, 0.3) is 0 Å². The second-order valence-corrected chi connectivity index (χ2v) is 1.31. The number of rotatable bonds is 1. The van der Waals surface area contributed by atoms with Gasteiger partial charge in [0.05, 0.1) is 0 Å². The van der Waals surface area contributed by atoms with Crippen molar-refractivity contribution in [2.75, 3.05) is 0 Å². The molecule has 0 fully saturated rings. The summed E-state index contributed by atoms with van der Waals surface area (Å²) in [5.74, 6) is 0. The number of hydrogen-bond acceptors (Lipinski definition) is 1. The molecule has 0 bridgehead atoms. The normalized spacial score (nSPS) is 29.2. The highest BCUT2D eigenvalue weighted by molar-refractivity contribution is 5.80. The lowest BCUT2D eigenvalue weighted by molar-refractivity contribution is 1.28. The van der Waals surface area contributed by atoms with Gasteiger partial charge >= 0.3 is 0 Å². The monoisotopic (exact) mass is 81.1 g/mol.